The molecule has 8 heterocycles. The van der Waals surface area contributed by atoms with Gasteiger partial charge in [0, 0.05) is 41.9 Å². The molecule has 2 saturated carbocycles. The number of ether oxygens (including phenoxy) is 6. The maximum Gasteiger partial charge on any atom is 0.201 e. The van der Waals surface area contributed by atoms with Crippen molar-refractivity contribution < 1.29 is 48.0 Å². The lowest BCUT2D eigenvalue weighted by molar-refractivity contribution is -0.571. The fourth-order valence-corrected chi connectivity index (χ4v) is 11.9. The Balaban J connectivity index is 1.12. The van der Waals surface area contributed by atoms with Crippen LogP contribution in [0, 0.1) is 47.3 Å². The molecule has 10 heteroatoms. The molecule has 1 aromatic carbocycles. The first-order chi connectivity index (χ1) is 23.0. The normalized spacial score (nSPS) is 53.7. The van der Waals surface area contributed by atoms with Crippen LogP contribution in [0.15, 0.2) is 12.1 Å². The second-order valence-corrected chi connectivity index (χ2v) is 17.0. The van der Waals surface area contributed by atoms with Crippen molar-refractivity contribution in [2.45, 2.75) is 140 Å². The van der Waals surface area contributed by atoms with Crippen LogP contribution in [0.1, 0.15) is 116 Å². The zero-order valence-corrected chi connectivity index (χ0v) is 29.8. The third-order valence-electron chi connectivity index (χ3n) is 14.5. The Hall–Kier alpha value is -1.50. The van der Waals surface area contributed by atoms with Crippen molar-refractivity contribution >= 4 is 0 Å². The smallest absolute Gasteiger partial charge is 0.201 e. The number of benzene rings is 1. The van der Waals surface area contributed by atoms with E-state index in [1.807, 2.05) is 19.9 Å². The van der Waals surface area contributed by atoms with Gasteiger partial charge in [-0.25, -0.2) is 19.6 Å². The molecule has 10 fully saturated rings. The molecule has 2 spiro atoms. The minimum atomic E-state index is -0.838. The van der Waals surface area contributed by atoms with Gasteiger partial charge in [0.25, 0.3) is 0 Å². The number of hydrogen-bond donors (Lipinski definition) is 0. The molecule has 2 aliphatic carbocycles. The fourth-order valence-electron chi connectivity index (χ4n) is 11.9. The third kappa shape index (κ3) is 4.27. The average molecular weight is 671 g/mol. The molecule has 1 aromatic rings. The predicted molar refractivity (Wildman–Crippen MR) is 171 cm³/mol. The van der Waals surface area contributed by atoms with Crippen LogP contribution in [0.5, 0.6) is 11.5 Å². The molecule has 2 unspecified atom stereocenters. The molecule has 0 radical (unpaired) electrons. The van der Waals surface area contributed by atoms with Gasteiger partial charge >= 0.3 is 0 Å². The van der Waals surface area contributed by atoms with E-state index in [0.29, 0.717) is 23.7 Å². The second-order valence-electron chi connectivity index (χ2n) is 17.0. The van der Waals surface area contributed by atoms with E-state index < -0.39 is 35.4 Å². The first kappa shape index (κ1) is 32.4. The molecule has 0 aromatic heterocycles. The van der Waals surface area contributed by atoms with E-state index >= 15 is 0 Å². The Bertz CT molecular complexity index is 1340. The Morgan fingerprint density at radius 3 is 1.42 bits per heavy atom. The minimum absolute atomic E-state index is 0.112. The Morgan fingerprint density at radius 1 is 0.562 bits per heavy atom. The SMILES string of the molecule is COc1cc(OC)c([C@H]2O[C@@H]3OC4(C)CC[C@H]5[C@H](C)CC[C@@H]([C@H]2C)[C@@]35OO4)cc1[C@H]1O[C@@H]2OC3(C)CC[C@H]4[C@H](C)CC[C@@H]([C@H]1C)[C@@]24OO3. The van der Waals surface area contributed by atoms with Gasteiger partial charge in [-0.05, 0) is 93.9 Å². The summed E-state index contributed by atoms with van der Waals surface area (Å²) in [6.07, 6.45) is 6.21. The third-order valence-corrected chi connectivity index (χ3v) is 14.5. The summed E-state index contributed by atoms with van der Waals surface area (Å²) in [7, 11) is 3.43. The predicted octanol–water partition coefficient (Wildman–Crippen LogP) is 7.55. The molecular formula is C38H54O10. The quantitative estimate of drug-likeness (QED) is 0.299. The van der Waals surface area contributed by atoms with E-state index in [2.05, 4.69) is 33.8 Å². The van der Waals surface area contributed by atoms with Crippen LogP contribution >= 0.6 is 0 Å². The largest absolute Gasteiger partial charge is 0.496 e. The zero-order chi connectivity index (χ0) is 33.4. The van der Waals surface area contributed by atoms with Crippen molar-refractivity contribution in [1.82, 2.24) is 0 Å². The molecule has 11 rings (SSSR count). The van der Waals surface area contributed by atoms with Gasteiger partial charge in [0.15, 0.2) is 23.8 Å². The van der Waals surface area contributed by atoms with Gasteiger partial charge in [-0.15, -0.1) is 0 Å². The van der Waals surface area contributed by atoms with Crippen LogP contribution < -0.4 is 9.47 Å². The molecule has 8 saturated heterocycles. The standard InChI is InChI=1S/C38H54O10/c1-19-9-11-27-21(3)31(41-33-37(27)25(19)13-15-35(5,43-33)45-47-37)23-17-24(30(40-8)18-29(23)39-7)32-22(4)28-12-10-20(2)26-14-16-36(6)44-34(42-32)38(26,28)48-46-36/h17-22,25-28,31-34H,9-16H2,1-8H3/t19-,20-,21-,22-,25+,26+,27+,28+,31+,32+,33-,34-,35?,36?,37-,38-/m1/s1. The Labute approximate surface area is 284 Å². The van der Waals surface area contributed by atoms with Gasteiger partial charge in [-0.1, -0.05) is 27.7 Å². The first-order valence-electron chi connectivity index (χ1n) is 18.6. The molecule has 0 amide bonds. The summed E-state index contributed by atoms with van der Waals surface area (Å²) in [6.45, 7) is 13.2. The summed E-state index contributed by atoms with van der Waals surface area (Å²) < 4.78 is 39.8. The summed E-state index contributed by atoms with van der Waals surface area (Å²) in [5.41, 5.74) is 0.679. The molecule has 48 heavy (non-hydrogen) atoms. The van der Waals surface area contributed by atoms with E-state index in [9.17, 15) is 0 Å². The monoisotopic (exact) mass is 670 g/mol. The number of fused-ring (bicyclic) bond motifs is 4. The van der Waals surface area contributed by atoms with E-state index in [-0.39, 0.29) is 35.9 Å². The molecule has 0 N–H and O–H groups in total. The molecule has 10 nitrogen and oxygen atoms in total. The fraction of sp³-hybridized carbons (Fsp3) is 0.842. The highest BCUT2D eigenvalue weighted by molar-refractivity contribution is 5.50. The van der Waals surface area contributed by atoms with Gasteiger partial charge in [-0.2, -0.15) is 0 Å². The lowest BCUT2D eigenvalue weighted by Gasteiger charge is -2.61. The van der Waals surface area contributed by atoms with Crippen molar-refractivity contribution in [3.63, 3.8) is 0 Å². The van der Waals surface area contributed by atoms with Crippen LogP contribution in [0.3, 0.4) is 0 Å². The van der Waals surface area contributed by atoms with E-state index in [4.69, 9.17) is 48.0 Å². The topological polar surface area (TPSA) is 92.3 Å². The van der Waals surface area contributed by atoms with E-state index in [1.165, 1.54) is 0 Å². The van der Waals surface area contributed by atoms with Crippen LogP contribution in [-0.2, 0) is 38.5 Å². The Kier molecular flexibility index (Phi) is 7.43. The molecular weight excluding hydrogens is 616 g/mol. The number of hydrogen-bond acceptors (Lipinski definition) is 10. The summed E-state index contributed by atoms with van der Waals surface area (Å²) in [5, 5.41) is 0. The van der Waals surface area contributed by atoms with Crippen LogP contribution in [0.2, 0.25) is 0 Å². The maximum atomic E-state index is 7.11. The minimum Gasteiger partial charge on any atom is -0.496 e. The second kappa shape index (κ2) is 11.0. The lowest BCUT2D eigenvalue weighted by Crippen LogP contribution is -2.69. The van der Waals surface area contributed by atoms with Gasteiger partial charge in [0.05, 0.1) is 26.4 Å². The number of methoxy groups -OCH3 is 2. The highest BCUT2D eigenvalue weighted by atomic mass is 17.3. The highest BCUT2D eigenvalue weighted by Gasteiger charge is 2.71. The maximum absolute atomic E-state index is 7.11. The van der Waals surface area contributed by atoms with Gasteiger partial charge in [0.2, 0.25) is 11.6 Å². The van der Waals surface area contributed by atoms with Crippen molar-refractivity contribution in [2.75, 3.05) is 14.2 Å². The van der Waals surface area contributed by atoms with Crippen molar-refractivity contribution in [2.24, 2.45) is 47.3 Å². The summed E-state index contributed by atoms with van der Waals surface area (Å²) in [4.78, 5) is 25.1. The first-order valence-corrected chi connectivity index (χ1v) is 18.6. The van der Waals surface area contributed by atoms with Gasteiger partial charge < -0.3 is 28.4 Å². The summed E-state index contributed by atoms with van der Waals surface area (Å²) in [6, 6.07) is 4.22. The lowest BCUT2D eigenvalue weighted by atomic mass is 9.56. The highest BCUT2D eigenvalue weighted by Crippen LogP contribution is 2.65. The molecule has 4 bridgehead atoms. The number of rotatable bonds is 4. The van der Waals surface area contributed by atoms with Crippen LogP contribution in [0.25, 0.3) is 0 Å². The van der Waals surface area contributed by atoms with Crippen LogP contribution in [-0.4, -0.2) is 49.6 Å². The Morgan fingerprint density at radius 2 is 1.00 bits per heavy atom. The zero-order valence-electron chi connectivity index (χ0n) is 29.8. The molecule has 10 aliphatic rings. The van der Waals surface area contributed by atoms with Crippen molar-refractivity contribution in [3.05, 3.63) is 23.3 Å². The van der Waals surface area contributed by atoms with E-state index in [1.54, 1.807) is 14.2 Å². The van der Waals surface area contributed by atoms with Crippen molar-refractivity contribution in [1.29, 1.82) is 0 Å². The summed E-state index contributed by atoms with van der Waals surface area (Å²) in [5.74, 6) is 1.99. The molecule has 8 aliphatic heterocycles. The summed E-state index contributed by atoms with van der Waals surface area (Å²) >= 11 is 0. The van der Waals surface area contributed by atoms with Gasteiger partial charge in [-0.3, -0.25) is 0 Å². The van der Waals surface area contributed by atoms with E-state index in [0.717, 1.165) is 74.0 Å². The molecule has 266 valence electrons. The average Bonchev–Trinajstić information content (AvgIpc) is 3.45. The van der Waals surface area contributed by atoms with Crippen LogP contribution in [0.4, 0.5) is 0 Å². The van der Waals surface area contributed by atoms with Gasteiger partial charge in [0.1, 0.15) is 11.5 Å². The van der Waals surface area contributed by atoms with Crippen molar-refractivity contribution in [3.8, 4) is 11.5 Å². The molecule has 16 atom stereocenters.